The number of pyridine rings is 1. The average molecular weight is 213 g/mol. The Morgan fingerprint density at radius 3 is 2.94 bits per heavy atom. The van der Waals surface area contributed by atoms with E-state index in [0.717, 1.165) is 22.0 Å². The number of hydrogen-bond donors (Lipinski definition) is 0. The first-order valence-corrected chi connectivity index (χ1v) is 5.13. The lowest BCUT2D eigenvalue weighted by molar-refractivity contribution is 0.135. The summed E-state index contributed by atoms with van der Waals surface area (Å²) in [6.07, 6.45) is 0. The molecule has 78 valence electrons. The molecule has 2 heterocycles. The molecule has 4 heteroatoms. The predicted octanol–water partition coefficient (Wildman–Crippen LogP) is 1.53. The summed E-state index contributed by atoms with van der Waals surface area (Å²) in [7, 11) is 5.84. The molecule has 0 amide bonds. The lowest BCUT2D eigenvalue weighted by Crippen LogP contribution is -2.15. The van der Waals surface area contributed by atoms with Crippen LogP contribution in [0.3, 0.4) is 0 Å². The fraction of sp³-hybridized carbons (Fsp3) is 0.250. The third kappa shape index (κ3) is 1.33. The van der Waals surface area contributed by atoms with E-state index >= 15 is 0 Å². The monoisotopic (exact) mass is 213 g/mol. The Morgan fingerprint density at radius 2 is 2.12 bits per heavy atom. The van der Waals surface area contributed by atoms with E-state index in [1.807, 2.05) is 6.07 Å². The fourth-order valence-electron chi connectivity index (χ4n) is 2.10. The fourth-order valence-corrected chi connectivity index (χ4v) is 2.10. The minimum Gasteiger partial charge on any atom is -0.372 e. The maximum Gasteiger partial charge on any atom is 0.142 e. The van der Waals surface area contributed by atoms with E-state index in [1.54, 1.807) is 12.1 Å². The molecular weight excluding hydrogens is 204 g/mol. The van der Waals surface area contributed by atoms with Crippen LogP contribution in [-0.2, 0) is 24.6 Å². The Labute approximate surface area is 93.9 Å². The van der Waals surface area contributed by atoms with Crippen molar-refractivity contribution in [2.75, 3.05) is 0 Å². The first-order valence-electron chi connectivity index (χ1n) is 5.13. The van der Waals surface area contributed by atoms with Crippen molar-refractivity contribution >= 4 is 24.3 Å². The molecule has 0 fully saturated rings. The van der Waals surface area contributed by atoms with E-state index in [-0.39, 0.29) is 0 Å². The molecule has 0 unspecified atom stereocenters. The van der Waals surface area contributed by atoms with E-state index < -0.39 is 6.67 Å². The number of alkyl halides is 1. The summed E-state index contributed by atoms with van der Waals surface area (Å²) >= 11 is 0. The summed E-state index contributed by atoms with van der Waals surface area (Å²) in [5.41, 5.74) is 3.93. The molecule has 2 nitrogen and oxygen atoms in total. The Balaban J connectivity index is 2.33. The molecule has 0 N–H and O–H groups in total. The summed E-state index contributed by atoms with van der Waals surface area (Å²) < 4.78 is 17.9. The number of ether oxygens (including phenoxy) is 1. The van der Waals surface area contributed by atoms with Crippen molar-refractivity contribution < 1.29 is 9.13 Å². The van der Waals surface area contributed by atoms with Crippen LogP contribution in [0.1, 0.15) is 16.7 Å². The van der Waals surface area contributed by atoms with E-state index in [1.165, 1.54) is 0 Å². The molecule has 0 bridgehead atoms. The highest BCUT2D eigenvalue weighted by atomic mass is 19.1. The number of hydrogen-bond acceptors (Lipinski definition) is 2. The lowest BCUT2D eigenvalue weighted by Gasteiger charge is -2.07. The second-order valence-electron chi connectivity index (χ2n) is 3.93. The highest BCUT2D eigenvalue weighted by Gasteiger charge is 2.17. The summed E-state index contributed by atoms with van der Waals surface area (Å²) in [4.78, 5) is 4.29. The van der Waals surface area contributed by atoms with E-state index in [2.05, 4.69) is 4.98 Å². The molecule has 2 aromatic rings. The van der Waals surface area contributed by atoms with Gasteiger partial charge >= 0.3 is 0 Å². The number of nitrogens with zero attached hydrogens (tertiary/aromatic N) is 1. The summed E-state index contributed by atoms with van der Waals surface area (Å²) in [6, 6.07) is 5.41. The number of aromatic nitrogens is 1. The number of rotatable bonds is 1. The minimum absolute atomic E-state index is 0.481. The third-order valence-electron chi connectivity index (χ3n) is 2.95. The van der Waals surface area contributed by atoms with Crippen LogP contribution in [-0.4, -0.2) is 12.8 Å². The van der Waals surface area contributed by atoms with E-state index in [0.29, 0.717) is 24.4 Å². The maximum absolute atomic E-state index is 12.5. The van der Waals surface area contributed by atoms with Crippen LogP contribution in [0.4, 0.5) is 4.39 Å². The van der Waals surface area contributed by atoms with Crippen LogP contribution in [0, 0.1) is 0 Å². The van der Waals surface area contributed by atoms with Crippen molar-refractivity contribution in [1.29, 1.82) is 0 Å². The molecule has 1 aromatic heterocycles. The Bertz CT molecular complexity index is 570. The van der Waals surface area contributed by atoms with Gasteiger partial charge in [-0.25, -0.2) is 4.39 Å². The molecule has 1 aliphatic rings. The van der Waals surface area contributed by atoms with Crippen molar-refractivity contribution in [2.45, 2.75) is 19.9 Å². The smallest absolute Gasteiger partial charge is 0.142 e. The maximum atomic E-state index is 12.5. The summed E-state index contributed by atoms with van der Waals surface area (Å²) in [5, 5.41) is 1.01. The quantitative estimate of drug-likeness (QED) is 0.670. The summed E-state index contributed by atoms with van der Waals surface area (Å²) in [5.74, 6) is 0. The Hall–Kier alpha value is -1.42. The van der Waals surface area contributed by atoms with Gasteiger partial charge in [0.2, 0.25) is 0 Å². The van der Waals surface area contributed by atoms with Gasteiger partial charge in [0.1, 0.15) is 14.5 Å². The van der Waals surface area contributed by atoms with Crippen molar-refractivity contribution in [3.8, 4) is 0 Å². The average Bonchev–Trinajstić information content (AvgIpc) is 2.78. The van der Waals surface area contributed by atoms with Gasteiger partial charge in [0.15, 0.2) is 0 Å². The zero-order chi connectivity index (χ0) is 11.1. The minimum atomic E-state index is -0.481. The second-order valence-corrected chi connectivity index (χ2v) is 3.93. The van der Waals surface area contributed by atoms with Gasteiger partial charge in [-0.15, -0.1) is 0 Å². The third-order valence-corrected chi connectivity index (χ3v) is 2.95. The standard InChI is InChI=1S/C12H9BFNO/c13-12-10-6-16-5-9(10)8-2-1-7(4-14)3-11(8)15-12/h1-3H,4-6H2. The van der Waals surface area contributed by atoms with Gasteiger partial charge in [0, 0.05) is 5.39 Å². The molecular formula is C12H9BFNO. The van der Waals surface area contributed by atoms with E-state index in [9.17, 15) is 4.39 Å². The van der Waals surface area contributed by atoms with Gasteiger partial charge in [-0.2, -0.15) is 0 Å². The zero-order valence-electron chi connectivity index (χ0n) is 8.66. The highest BCUT2D eigenvalue weighted by Crippen LogP contribution is 2.26. The van der Waals surface area contributed by atoms with Gasteiger partial charge < -0.3 is 4.74 Å². The molecule has 0 spiro atoms. The molecule has 1 aromatic carbocycles. The molecule has 0 aliphatic carbocycles. The Morgan fingerprint density at radius 1 is 1.31 bits per heavy atom. The van der Waals surface area contributed by atoms with E-state index in [4.69, 9.17) is 12.6 Å². The first-order chi connectivity index (χ1) is 7.79. The van der Waals surface area contributed by atoms with Crippen molar-refractivity contribution in [3.05, 3.63) is 34.9 Å². The van der Waals surface area contributed by atoms with Crippen LogP contribution in [0.25, 0.3) is 10.9 Å². The number of benzene rings is 1. The first kappa shape index (κ1) is 9.79. The predicted molar refractivity (Wildman–Crippen MR) is 60.4 cm³/mol. The molecule has 2 radical (unpaired) electrons. The molecule has 0 atom stereocenters. The van der Waals surface area contributed by atoms with Gasteiger partial charge in [-0.05, 0) is 28.4 Å². The molecule has 1 aliphatic heterocycles. The largest absolute Gasteiger partial charge is 0.372 e. The van der Waals surface area contributed by atoms with Crippen molar-refractivity contribution in [1.82, 2.24) is 4.98 Å². The second kappa shape index (κ2) is 3.56. The Kier molecular flexibility index (Phi) is 2.18. The van der Waals surface area contributed by atoms with Gasteiger partial charge in [0.25, 0.3) is 0 Å². The van der Waals surface area contributed by atoms with Crippen molar-refractivity contribution in [2.24, 2.45) is 0 Å². The van der Waals surface area contributed by atoms with Crippen LogP contribution in [0.2, 0.25) is 0 Å². The number of fused-ring (bicyclic) bond motifs is 3. The molecule has 16 heavy (non-hydrogen) atoms. The van der Waals surface area contributed by atoms with Crippen LogP contribution < -0.4 is 5.59 Å². The van der Waals surface area contributed by atoms with Crippen molar-refractivity contribution in [3.63, 3.8) is 0 Å². The molecule has 0 saturated heterocycles. The topological polar surface area (TPSA) is 22.1 Å². The van der Waals surface area contributed by atoms with Gasteiger partial charge in [-0.1, -0.05) is 12.1 Å². The SMILES string of the molecule is [B]c1nc2cc(CF)ccc2c2c1COC2. The number of halogens is 1. The van der Waals surface area contributed by atoms with Gasteiger partial charge in [0.05, 0.1) is 18.7 Å². The van der Waals surface area contributed by atoms with Gasteiger partial charge in [-0.3, -0.25) is 4.98 Å². The summed E-state index contributed by atoms with van der Waals surface area (Å²) in [6.45, 7) is 0.605. The zero-order valence-corrected chi connectivity index (χ0v) is 8.66. The van der Waals surface area contributed by atoms with Crippen LogP contribution in [0.5, 0.6) is 0 Å². The molecule has 3 rings (SSSR count). The molecule has 0 saturated carbocycles. The highest BCUT2D eigenvalue weighted by molar-refractivity contribution is 6.32. The lowest BCUT2D eigenvalue weighted by atomic mass is 9.92. The normalized spacial score (nSPS) is 14.3. The van der Waals surface area contributed by atoms with Crippen LogP contribution in [0.15, 0.2) is 18.2 Å². The van der Waals surface area contributed by atoms with Crippen LogP contribution >= 0.6 is 0 Å².